The minimum Gasteiger partial charge on any atom is -0.497 e. The summed E-state index contributed by atoms with van der Waals surface area (Å²) in [5.74, 6) is 2.43. The monoisotopic (exact) mass is 376 g/mol. The van der Waals surface area contributed by atoms with E-state index in [9.17, 15) is 0 Å². The lowest BCUT2D eigenvalue weighted by Gasteiger charge is -2.35. The number of rotatable bonds is 9. The van der Waals surface area contributed by atoms with Gasteiger partial charge in [0.05, 0.1) is 26.4 Å². The number of aliphatic imine (C=N–C) groups is 1. The molecule has 0 aromatic heterocycles. The van der Waals surface area contributed by atoms with Crippen molar-refractivity contribution < 1.29 is 9.47 Å². The average Bonchev–Trinajstić information content (AvgIpc) is 2.74. The molecule has 1 aromatic rings. The maximum Gasteiger partial charge on any atom is 0.191 e. The summed E-state index contributed by atoms with van der Waals surface area (Å²) in [4.78, 5) is 6.88. The molecule has 6 heteroatoms. The number of benzene rings is 1. The van der Waals surface area contributed by atoms with Crippen molar-refractivity contribution in [2.75, 3.05) is 53.6 Å². The standard InChI is InChI=1S/C21H36N4O2/c1-5-17(6-2)15-23-21(22-3)24-16-20(25-11-13-27-14-12-25)18-7-9-19(26-4)10-8-18/h7-10,17,20H,5-6,11-16H2,1-4H3,(H2,22,23,24). The molecule has 1 aromatic carbocycles. The third-order valence-corrected chi connectivity index (χ3v) is 5.39. The molecule has 1 fully saturated rings. The third kappa shape index (κ3) is 6.70. The Morgan fingerprint density at radius 3 is 2.30 bits per heavy atom. The number of nitrogens with zero attached hydrogens (tertiary/aromatic N) is 2. The summed E-state index contributed by atoms with van der Waals surface area (Å²) in [6.45, 7) is 9.69. The zero-order chi connectivity index (χ0) is 19.5. The second kappa shape index (κ2) is 11.8. The van der Waals surface area contributed by atoms with E-state index in [0.29, 0.717) is 5.92 Å². The highest BCUT2D eigenvalue weighted by Crippen LogP contribution is 2.23. The summed E-state index contributed by atoms with van der Waals surface area (Å²) < 4.78 is 10.8. The lowest BCUT2D eigenvalue weighted by atomic mass is 10.0. The Morgan fingerprint density at radius 1 is 1.11 bits per heavy atom. The van der Waals surface area contributed by atoms with E-state index in [-0.39, 0.29) is 6.04 Å². The Hall–Kier alpha value is -1.79. The third-order valence-electron chi connectivity index (χ3n) is 5.39. The van der Waals surface area contributed by atoms with Gasteiger partial charge in [-0.25, -0.2) is 0 Å². The zero-order valence-electron chi connectivity index (χ0n) is 17.3. The Labute approximate surface area is 164 Å². The molecule has 27 heavy (non-hydrogen) atoms. The van der Waals surface area contributed by atoms with Crippen LogP contribution in [0.3, 0.4) is 0 Å². The van der Waals surface area contributed by atoms with E-state index in [1.54, 1.807) is 7.11 Å². The van der Waals surface area contributed by atoms with Crippen molar-refractivity contribution in [3.8, 4) is 5.75 Å². The van der Waals surface area contributed by atoms with Crippen LogP contribution in [0.15, 0.2) is 29.3 Å². The summed E-state index contributed by atoms with van der Waals surface area (Å²) in [5, 5.41) is 7.00. The number of guanidine groups is 1. The van der Waals surface area contributed by atoms with Crippen LogP contribution in [0.25, 0.3) is 0 Å². The normalized spacial score (nSPS) is 17.0. The van der Waals surface area contributed by atoms with Gasteiger partial charge in [-0.1, -0.05) is 38.8 Å². The van der Waals surface area contributed by atoms with Gasteiger partial charge >= 0.3 is 0 Å². The number of morpholine rings is 1. The van der Waals surface area contributed by atoms with Crippen molar-refractivity contribution >= 4 is 5.96 Å². The predicted octanol–water partition coefficient (Wildman–Crippen LogP) is 2.67. The van der Waals surface area contributed by atoms with Crippen molar-refractivity contribution in [2.45, 2.75) is 32.7 Å². The molecule has 0 radical (unpaired) electrons. The molecule has 0 spiro atoms. The molecule has 152 valence electrons. The largest absolute Gasteiger partial charge is 0.497 e. The number of nitrogens with one attached hydrogen (secondary N) is 2. The van der Waals surface area contributed by atoms with E-state index in [0.717, 1.165) is 51.1 Å². The Morgan fingerprint density at radius 2 is 1.74 bits per heavy atom. The van der Waals surface area contributed by atoms with Gasteiger partial charge in [-0.05, 0) is 23.6 Å². The molecule has 2 N–H and O–H groups in total. The quantitative estimate of drug-likeness (QED) is 0.513. The molecular formula is C21H36N4O2. The minimum absolute atomic E-state index is 0.270. The van der Waals surface area contributed by atoms with Crippen LogP contribution >= 0.6 is 0 Å². The van der Waals surface area contributed by atoms with E-state index in [1.807, 2.05) is 19.2 Å². The molecule has 0 amide bonds. The topological polar surface area (TPSA) is 58.1 Å². The van der Waals surface area contributed by atoms with Crippen LogP contribution in [0.2, 0.25) is 0 Å². The molecule has 1 aliphatic heterocycles. The van der Waals surface area contributed by atoms with Gasteiger partial charge in [-0.15, -0.1) is 0 Å². The van der Waals surface area contributed by atoms with Crippen LogP contribution in [0, 0.1) is 5.92 Å². The smallest absolute Gasteiger partial charge is 0.191 e. The molecule has 1 saturated heterocycles. The van der Waals surface area contributed by atoms with E-state index in [1.165, 1.54) is 18.4 Å². The van der Waals surface area contributed by atoms with Gasteiger partial charge < -0.3 is 20.1 Å². The molecule has 1 heterocycles. The van der Waals surface area contributed by atoms with Gasteiger partial charge in [0.15, 0.2) is 5.96 Å². The molecule has 6 nitrogen and oxygen atoms in total. The van der Waals surface area contributed by atoms with Crippen molar-refractivity contribution in [3.63, 3.8) is 0 Å². The summed E-state index contributed by atoms with van der Waals surface area (Å²) >= 11 is 0. The molecule has 0 bridgehead atoms. The number of ether oxygens (including phenoxy) is 2. The van der Waals surface area contributed by atoms with Crippen LogP contribution < -0.4 is 15.4 Å². The number of hydrogen-bond acceptors (Lipinski definition) is 4. The highest BCUT2D eigenvalue weighted by molar-refractivity contribution is 5.79. The summed E-state index contributed by atoms with van der Waals surface area (Å²) in [6, 6.07) is 8.64. The molecule has 1 atom stereocenters. The highest BCUT2D eigenvalue weighted by atomic mass is 16.5. The number of methoxy groups -OCH3 is 1. The van der Waals surface area contributed by atoms with Crippen molar-refractivity contribution in [1.29, 1.82) is 0 Å². The molecule has 0 aliphatic carbocycles. The second-order valence-electron chi connectivity index (χ2n) is 6.95. The van der Waals surface area contributed by atoms with Gasteiger partial charge in [-0.3, -0.25) is 9.89 Å². The van der Waals surface area contributed by atoms with Crippen LogP contribution in [0.4, 0.5) is 0 Å². The van der Waals surface area contributed by atoms with Crippen molar-refractivity contribution in [3.05, 3.63) is 29.8 Å². The average molecular weight is 377 g/mol. The van der Waals surface area contributed by atoms with Crippen LogP contribution in [0.5, 0.6) is 5.75 Å². The Kier molecular flexibility index (Phi) is 9.42. The van der Waals surface area contributed by atoms with Gasteiger partial charge in [-0.2, -0.15) is 0 Å². The van der Waals surface area contributed by atoms with Crippen LogP contribution in [0.1, 0.15) is 38.3 Å². The second-order valence-corrected chi connectivity index (χ2v) is 6.95. The van der Waals surface area contributed by atoms with Gasteiger partial charge in [0.1, 0.15) is 5.75 Å². The van der Waals surface area contributed by atoms with E-state index >= 15 is 0 Å². The fraction of sp³-hybridized carbons (Fsp3) is 0.667. The fourth-order valence-electron chi connectivity index (χ4n) is 3.41. The lowest BCUT2D eigenvalue weighted by molar-refractivity contribution is 0.0170. The molecule has 0 saturated carbocycles. The SMILES string of the molecule is CCC(CC)CNC(=NC)NCC(c1ccc(OC)cc1)N1CCOCC1. The van der Waals surface area contributed by atoms with Crippen molar-refractivity contribution in [2.24, 2.45) is 10.9 Å². The molecular weight excluding hydrogens is 340 g/mol. The fourth-order valence-corrected chi connectivity index (χ4v) is 3.41. The Bertz CT molecular complexity index is 552. The van der Waals surface area contributed by atoms with Crippen LogP contribution in [-0.4, -0.2) is 64.4 Å². The summed E-state index contributed by atoms with van der Waals surface area (Å²) in [7, 11) is 3.53. The lowest BCUT2D eigenvalue weighted by Crippen LogP contribution is -2.46. The van der Waals surface area contributed by atoms with Gasteiger partial charge in [0, 0.05) is 33.2 Å². The first kappa shape index (κ1) is 21.5. The Balaban J connectivity index is 2.01. The molecule has 2 rings (SSSR count). The first-order valence-electron chi connectivity index (χ1n) is 10.1. The van der Waals surface area contributed by atoms with E-state index in [2.05, 4.69) is 46.5 Å². The van der Waals surface area contributed by atoms with Gasteiger partial charge in [0.2, 0.25) is 0 Å². The van der Waals surface area contributed by atoms with Gasteiger partial charge in [0.25, 0.3) is 0 Å². The highest BCUT2D eigenvalue weighted by Gasteiger charge is 2.23. The maximum atomic E-state index is 5.54. The minimum atomic E-state index is 0.270. The van der Waals surface area contributed by atoms with E-state index in [4.69, 9.17) is 9.47 Å². The maximum absolute atomic E-state index is 5.54. The predicted molar refractivity (Wildman–Crippen MR) is 112 cm³/mol. The zero-order valence-corrected chi connectivity index (χ0v) is 17.3. The summed E-state index contributed by atoms with van der Waals surface area (Å²) in [5.41, 5.74) is 1.28. The first-order valence-corrected chi connectivity index (χ1v) is 10.1. The molecule has 1 aliphatic rings. The molecule has 1 unspecified atom stereocenters. The first-order chi connectivity index (χ1) is 13.2. The van der Waals surface area contributed by atoms with E-state index < -0.39 is 0 Å². The number of hydrogen-bond donors (Lipinski definition) is 2. The van der Waals surface area contributed by atoms with Crippen molar-refractivity contribution in [1.82, 2.24) is 15.5 Å². The summed E-state index contributed by atoms with van der Waals surface area (Å²) in [6.07, 6.45) is 2.37. The van der Waals surface area contributed by atoms with Crippen LogP contribution in [-0.2, 0) is 4.74 Å².